The third kappa shape index (κ3) is 4.72. The first-order chi connectivity index (χ1) is 10.8. The molecule has 0 fully saturated rings. The van der Waals surface area contributed by atoms with Crippen LogP contribution >= 0.6 is 11.6 Å². The molecule has 1 aliphatic heterocycles. The van der Waals surface area contributed by atoms with Gasteiger partial charge in [0.05, 0.1) is 6.54 Å². The van der Waals surface area contributed by atoms with Crippen LogP contribution in [0.3, 0.4) is 0 Å². The molecule has 1 aromatic rings. The van der Waals surface area contributed by atoms with Gasteiger partial charge in [-0.2, -0.15) is 13.2 Å². The predicted octanol–water partition coefficient (Wildman–Crippen LogP) is 2.83. The lowest BCUT2D eigenvalue weighted by molar-refractivity contribution is -0.159. The zero-order valence-corrected chi connectivity index (χ0v) is 12.9. The van der Waals surface area contributed by atoms with Gasteiger partial charge >= 0.3 is 6.18 Å². The molecule has 1 aliphatic rings. The lowest BCUT2D eigenvalue weighted by Crippen LogP contribution is -2.45. The first-order valence-electron chi connectivity index (χ1n) is 6.87. The molecule has 0 saturated heterocycles. The van der Waals surface area contributed by atoms with Crippen LogP contribution in [0.15, 0.2) is 46.6 Å². The maximum atomic E-state index is 12.4. The van der Waals surface area contributed by atoms with E-state index in [1.54, 1.807) is 0 Å². The van der Waals surface area contributed by atoms with Crippen LogP contribution in [-0.2, 0) is 11.3 Å². The smallest absolute Gasteiger partial charge is 0.394 e. The van der Waals surface area contributed by atoms with Crippen LogP contribution < -0.4 is 5.73 Å². The fourth-order valence-electron chi connectivity index (χ4n) is 2.20. The van der Waals surface area contributed by atoms with Gasteiger partial charge in [0.25, 0.3) is 5.91 Å². The minimum absolute atomic E-state index is 0.0614. The summed E-state index contributed by atoms with van der Waals surface area (Å²) >= 11 is 6.07. The van der Waals surface area contributed by atoms with Gasteiger partial charge in [-0.1, -0.05) is 41.9 Å². The summed E-state index contributed by atoms with van der Waals surface area (Å²) in [5, 5.41) is 0.0614. The van der Waals surface area contributed by atoms with Gasteiger partial charge in [-0.15, -0.1) is 0 Å². The molecule has 0 radical (unpaired) electrons. The van der Waals surface area contributed by atoms with Crippen LogP contribution in [0.4, 0.5) is 13.2 Å². The normalized spacial score (nSPS) is 17.0. The first-order valence-corrected chi connectivity index (χ1v) is 7.24. The molecule has 0 spiro atoms. The van der Waals surface area contributed by atoms with E-state index in [4.69, 9.17) is 17.3 Å². The standard InChI is InChI=1S/C15H15ClF3N3O/c16-13(21-8-10-4-2-1-3-5-10)11-6-7-22(9-15(17,18)19)14(23)12(11)20/h1-5H,6-9,20H2. The highest BCUT2D eigenvalue weighted by Gasteiger charge is 2.36. The van der Waals surface area contributed by atoms with Gasteiger partial charge in [-0.25, -0.2) is 0 Å². The Bertz CT molecular complexity index is 641. The van der Waals surface area contributed by atoms with Crippen molar-refractivity contribution >= 4 is 22.7 Å². The van der Waals surface area contributed by atoms with Gasteiger partial charge in [0.2, 0.25) is 0 Å². The van der Waals surface area contributed by atoms with Gasteiger partial charge in [-0.3, -0.25) is 9.79 Å². The Morgan fingerprint density at radius 3 is 2.57 bits per heavy atom. The first kappa shape index (κ1) is 17.3. The Kier molecular flexibility index (Phi) is 5.30. The van der Waals surface area contributed by atoms with Crippen LogP contribution in [0.5, 0.6) is 0 Å². The molecule has 124 valence electrons. The third-order valence-corrected chi connectivity index (χ3v) is 3.68. The second-order valence-corrected chi connectivity index (χ2v) is 5.43. The SMILES string of the molecule is NC1=C(C(Cl)=NCc2ccccc2)CCN(CC(F)(F)F)C1=O. The van der Waals surface area contributed by atoms with E-state index in [-0.39, 0.29) is 23.8 Å². The van der Waals surface area contributed by atoms with E-state index in [2.05, 4.69) is 4.99 Å². The maximum absolute atomic E-state index is 12.4. The fraction of sp³-hybridized carbons (Fsp3) is 0.333. The zero-order chi connectivity index (χ0) is 17.0. The van der Waals surface area contributed by atoms with E-state index >= 15 is 0 Å². The summed E-state index contributed by atoms with van der Waals surface area (Å²) in [5.74, 6) is -0.864. The van der Waals surface area contributed by atoms with Crippen molar-refractivity contribution in [3.8, 4) is 0 Å². The minimum atomic E-state index is -4.46. The Morgan fingerprint density at radius 2 is 1.96 bits per heavy atom. The summed E-state index contributed by atoms with van der Waals surface area (Å²) in [6.07, 6.45) is -4.32. The van der Waals surface area contributed by atoms with Gasteiger partial charge < -0.3 is 10.6 Å². The van der Waals surface area contributed by atoms with E-state index in [9.17, 15) is 18.0 Å². The Morgan fingerprint density at radius 1 is 1.30 bits per heavy atom. The summed E-state index contributed by atoms with van der Waals surface area (Å²) in [4.78, 5) is 16.7. The van der Waals surface area contributed by atoms with Crippen LogP contribution in [0.2, 0.25) is 0 Å². The largest absolute Gasteiger partial charge is 0.406 e. The van der Waals surface area contributed by atoms with Crippen molar-refractivity contribution in [3.63, 3.8) is 0 Å². The molecule has 0 unspecified atom stereocenters. The minimum Gasteiger partial charge on any atom is -0.394 e. The van der Waals surface area contributed by atoms with Gasteiger partial charge in [0, 0.05) is 12.1 Å². The molecule has 1 aromatic carbocycles. The topological polar surface area (TPSA) is 58.7 Å². The molecule has 4 nitrogen and oxygen atoms in total. The number of aliphatic imine (C=N–C) groups is 1. The molecule has 8 heteroatoms. The molecular weight excluding hydrogens is 331 g/mol. The van der Waals surface area contributed by atoms with Gasteiger partial charge in [0.15, 0.2) is 0 Å². The molecule has 0 atom stereocenters. The summed E-state index contributed by atoms with van der Waals surface area (Å²) in [5.41, 5.74) is 6.60. The number of carbonyl (C=O) groups is 1. The summed E-state index contributed by atoms with van der Waals surface area (Å²) < 4.78 is 37.2. The number of hydrogen-bond acceptors (Lipinski definition) is 3. The number of nitrogens with two attached hydrogens (primary N) is 1. The molecular formula is C15H15ClF3N3O. The van der Waals surface area contributed by atoms with Crippen LogP contribution in [0.1, 0.15) is 12.0 Å². The molecule has 0 aromatic heterocycles. The average molecular weight is 346 g/mol. The lowest BCUT2D eigenvalue weighted by atomic mass is 10.1. The van der Waals surface area contributed by atoms with Gasteiger partial charge in [0.1, 0.15) is 17.4 Å². The van der Waals surface area contributed by atoms with Crippen molar-refractivity contribution in [3.05, 3.63) is 47.2 Å². The highest BCUT2D eigenvalue weighted by Crippen LogP contribution is 2.24. The highest BCUT2D eigenvalue weighted by molar-refractivity contribution is 6.69. The highest BCUT2D eigenvalue weighted by atomic mass is 35.5. The van der Waals surface area contributed by atoms with Crippen LogP contribution in [0.25, 0.3) is 0 Å². The molecule has 0 saturated carbocycles. The average Bonchev–Trinajstić information content (AvgIpc) is 2.49. The van der Waals surface area contributed by atoms with Crippen molar-refractivity contribution in [1.29, 1.82) is 0 Å². The number of alkyl halides is 3. The van der Waals surface area contributed by atoms with E-state index in [0.29, 0.717) is 17.0 Å². The Hall–Kier alpha value is -2.02. The number of amides is 1. The van der Waals surface area contributed by atoms with E-state index in [0.717, 1.165) is 5.56 Å². The molecule has 0 bridgehead atoms. The molecule has 2 rings (SSSR count). The zero-order valence-electron chi connectivity index (χ0n) is 12.1. The quantitative estimate of drug-likeness (QED) is 0.853. The van der Waals surface area contributed by atoms with Crippen molar-refractivity contribution in [2.24, 2.45) is 10.7 Å². The predicted molar refractivity (Wildman–Crippen MR) is 81.9 cm³/mol. The lowest BCUT2D eigenvalue weighted by Gasteiger charge is -2.29. The van der Waals surface area contributed by atoms with E-state index in [1.807, 2.05) is 30.3 Å². The summed E-state index contributed by atoms with van der Waals surface area (Å²) in [6, 6.07) is 9.30. The number of halogens is 4. The number of benzene rings is 1. The maximum Gasteiger partial charge on any atom is 0.406 e. The Labute approximate surface area is 136 Å². The van der Waals surface area contributed by atoms with E-state index < -0.39 is 18.6 Å². The monoisotopic (exact) mass is 345 g/mol. The second-order valence-electron chi connectivity index (χ2n) is 5.08. The van der Waals surface area contributed by atoms with Crippen molar-refractivity contribution in [2.45, 2.75) is 19.1 Å². The third-order valence-electron chi connectivity index (χ3n) is 3.34. The van der Waals surface area contributed by atoms with Crippen molar-refractivity contribution in [1.82, 2.24) is 4.90 Å². The van der Waals surface area contributed by atoms with Crippen molar-refractivity contribution in [2.75, 3.05) is 13.1 Å². The van der Waals surface area contributed by atoms with E-state index in [1.165, 1.54) is 0 Å². The Balaban J connectivity index is 2.11. The number of rotatable bonds is 4. The molecule has 1 amide bonds. The van der Waals surface area contributed by atoms with Crippen molar-refractivity contribution < 1.29 is 18.0 Å². The molecule has 23 heavy (non-hydrogen) atoms. The number of nitrogens with zero attached hydrogens (tertiary/aromatic N) is 2. The number of carbonyl (C=O) groups excluding carboxylic acids is 1. The van der Waals surface area contributed by atoms with Gasteiger partial charge in [-0.05, 0) is 12.0 Å². The van der Waals surface area contributed by atoms with Crippen LogP contribution in [-0.4, -0.2) is 35.2 Å². The number of hydrogen-bond donors (Lipinski definition) is 1. The van der Waals surface area contributed by atoms with Crippen LogP contribution in [0, 0.1) is 0 Å². The summed E-state index contributed by atoms with van der Waals surface area (Å²) in [6.45, 7) is -1.11. The summed E-state index contributed by atoms with van der Waals surface area (Å²) in [7, 11) is 0. The fourth-order valence-corrected chi connectivity index (χ4v) is 2.46. The molecule has 2 N–H and O–H groups in total. The molecule has 1 heterocycles. The second kappa shape index (κ2) is 7.04. The molecule has 0 aliphatic carbocycles.